The maximum Gasteiger partial charge on any atom is 0.144 e. The zero-order valence-corrected chi connectivity index (χ0v) is 8.03. The van der Waals surface area contributed by atoms with Gasteiger partial charge in [0.05, 0.1) is 0 Å². The summed E-state index contributed by atoms with van der Waals surface area (Å²) in [5.41, 5.74) is 2.50. The largest absolute Gasteiger partial charge is 0.455 e. The van der Waals surface area contributed by atoms with Crippen LogP contribution < -0.4 is 0 Å². The molecule has 0 atom stereocenters. The summed E-state index contributed by atoms with van der Waals surface area (Å²) in [5.74, 6) is 0. The van der Waals surface area contributed by atoms with Crippen molar-refractivity contribution in [2.75, 3.05) is 0 Å². The number of benzene rings is 2. The fourth-order valence-electron chi connectivity index (χ4n) is 1.88. The van der Waals surface area contributed by atoms with Crippen LogP contribution in [0.25, 0.3) is 21.9 Å². The second-order valence-corrected chi connectivity index (χ2v) is 3.47. The van der Waals surface area contributed by atoms with Gasteiger partial charge in [-0.25, -0.2) is 0 Å². The lowest BCUT2D eigenvalue weighted by atomic mass is 10.1. The highest BCUT2D eigenvalue weighted by Crippen LogP contribution is 2.29. The summed E-state index contributed by atoms with van der Waals surface area (Å²) in [6.07, 6.45) is 1.32. The van der Waals surface area contributed by atoms with Crippen molar-refractivity contribution < 1.29 is 4.42 Å². The standard InChI is InChI=1S/C13H9NO/c14-8-9-4-3-6-11-10-5-1-2-7-12(10)15-13(9)11/h1-8,14H. The minimum Gasteiger partial charge on any atom is -0.455 e. The van der Waals surface area contributed by atoms with Crippen LogP contribution in [0.4, 0.5) is 0 Å². The van der Waals surface area contributed by atoms with Crippen molar-refractivity contribution in [1.29, 1.82) is 5.41 Å². The summed E-state index contributed by atoms with van der Waals surface area (Å²) in [4.78, 5) is 0. The van der Waals surface area contributed by atoms with E-state index in [9.17, 15) is 0 Å². The molecule has 3 rings (SSSR count). The molecule has 0 radical (unpaired) electrons. The number of hydrogen-bond donors (Lipinski definition) is 1. The van der Waals surface area contributed by atoms with Gasteiger partial charge in [-0.2, -0.15) is 0 Å². The smallest absolute Gasteiger partial charge is 0.144 e. The Kier molecular flexibility index (Phi) is 1.62. The summed E-state index contributed by atoms with van der Waals surface area (Å²) in [5, 5.41) is 9.50. The first-order chi connectivity index (χ1) is 7.40. The third-order valence-corrected chi connectivity index (χ3v) is 2.59. The summed E-state index contributed by atoms with van der Waals surface area (Å²) >= 11 is 0. The zero-order valence-electron chi connectivity index (χ0n) is 8.03. The van der Waals surface area contributed by atoms with E-state index < -0.39 is 0 Å². The molecular formula is C13H9NO. The van der Waals surface area contributed by atoms with Crippen molar-refractivity contribution in [2.24, 2.45) is 0 Å². The lowest BCUT2D eigenvalue weighted by molar-refractivity contribution is 0.668. The van der Waals surface area contributed by atoms with Gasteiger partial charge in [0.15, 0.2) is 0 Å². The fraction of sp³-hybridized carbons (Fsp3) is 0. The van der Waals surface area contributed by atoms with Crippen LogP contribution >= 0.6 is 0 Å². The average molecular weight is 195 g/mol. The molecule has 0 fully saturated rings. The number of furan rings is 1. The Balaban J connectivity index is 2.59. The monoisotopic (exact) mass is 195 g/mol. The first-order valence-corrected chi connectivity index (χ1v) is 4.81. The van der Waals surface area contributed by atoms with E-state index in [1.54, 1.807) is 0 Å². The van der Waals surface area contributed by atoms with Gasteiger partial charge in [0, 0.05) is 22.6 Å². The van der Waals surface area contributed by atoms with Crippen LogP contribution in [0.1, 0.15) is 5.56 Å². The van der Waals surface area contributed by atoms with Crippen molar-refractivity contribution in [3.63, 3.8) is 0 Å². The summed E-state index contributed by atoms with van der Waals surface area (Å²) in [7, 11) is 0. The second kappa shape index (κ2) is 2.95. The molecule has 2 heteroatoms. The third-order valence-electron chi connectivity index (χ3n) is 2.59. The van der Waals surface area contributed by atoms with Gasteiger partial charge in [-0.1, -0.05) is 30.3 Å². The molecular weight excluding hydrogens is 186 g/mol. The first kappa shape index (κ1) is 8.24. The normalized spacial score (nSPS) is 10.9. The van der Waals surface area contributed by atoms with Crippen LogP contribution in [0.3, 0.4) is 0 Å². The van der Waals surface area contributed by atoms with Crippen LogP contribution in [-0.2, 0) is 0 Å². The third kappa shape index (κ3) is 1.08. The second-order valence-electron chi connectivity index (χ2n) is 3.47. The molecule has 0 amide bonds. The highest BCUT2D eigenvalue weighted by atomic mass is 16.3. The number of para-hydroxylation sites is 2. The van der Waals surface area contributed by atoms with Crippen LogP contribution in [0.15, 0.2) is 46.9 Å². The molecule has 0 aliphatic heterocycles. The number of fused-ring (bicyclic) bond motifs is 3. The lowest BCUT2D eigenvalue weighted by Crippen LogP contribution is -1.78. The zero-order chi connectivity index (χ0) is 10.3. The molecule has 0 aliphatic rings. The molecule has 3 aromatic rings. The Morgan fingerprint density at radius 3 is 2.60 bits per heavy atom. The van der Waals surface area contributed by atoms with Crippen molar-refractivity contribution in [2.45, 2.75) is 0 Å². The number of rotatable bonds is 1. The first-order valence-electron chi connectivity index (χ1n) is 4.81. The van der Waals surface area contributed by atoms with Crippen LogP contribution in [-0.4, -0.2) is 6.21 Å². The van der Waals surface area contributed by atoms with Crippen LogP contribution in [0.5, 0.6) is 0 Å². The molecule has 1 heterocycles. The molecule has 2 aromatic carbocycles. The number of nitrogens with one attached hydrogen (secondary N) is 1. The van der Waals surface area contributed by atoms with Gasteiger partial charge in [-0.05, 0) is 12.1 Å². The molecule has 0 bridgehead atoms. The molecule has 2 nitrogen and oxygen atoms in total. The Morgan fingerprint density at radius 2 is 1.73 bits per heavy atom. The van der Waals surface area contributed by atoms with Crippen molar-refractivity contribution in [1.82, 2.24) is 0 Å². The van der Waals surface area contributed by atoms with E-state index >= 15 is 0 Å². The van der Waals surface area contributed by atoms with Crippen LogP contribution in [0, 0.1) is 5.41 Å². The summed E-state index contributed by atoms with van der Waals surface area (Å²) in [6, 6.07) is 13.8. The molecule has 1 N–H and O–H groups in total. The van der Waals surface area contributed by atoms with E-state index in [2.05, 4.69) is 0 Å². The lowest BCUT2D eigenvalue weighted by Gasteiger charge is -1.92. The number of hydrogen-bond acceptors (Lipinski definition) is 2. The SMILES string of the molecule is N=Cc1cccc2c1oc1ccccc12. The molecule has 0 saturated carbocycles. The van der Waals surface area contributed by atoms with E-state index in [0.29, 0.717) is 0 Å². The molecule has 0 aliphatic carbocycles. The van der Waals surface area contributed by atoms with E-state index in [-0.39, 0.29) is 0 Å². The molecule has 72 valence electrons. The van der Waals surface area contributed by atoms with E-state index in [1.807, 2.05) is 42.5 Å². The van der Waals surface area contributed by atoms with E-state index in [4.69, 9.17) is 9.83 Å². The maximum atomic E-state index is 7.31. The quantitative estimate of drug-likeness (QED) is 0.592. The Bertz CT molecular complexity index is 652. The van der Waals surface area contributed by atoms with Gasteiger partial charge in [-0.15, -0.1) is 0 Å². The van der Waals surface area contributed by atoms with Gasteiger partial charge in [0.1, 0.15) is 11.2 Å². The Labute approximate surface area is 86.6 Å². The van der Waals surface area contributed by atoms with Gasteiger partial charge in [0.25, 0.3) is 0 Å². The maximum absolute atomic E-state index is 7.31. The molecule has 1 aromatic heterocycles. The molecule has 0 spiro atoms. The van der Waals surface area contributed by atoms with E-state index in [0.717, 1.165) is 27.5 Å². The van der Waals surface area contributed by atoms with Crippen molar-refractivity contribution >= 4 is 28.2 Å². The van der Waals surface area contributed by atoms with Gasteiger partial charge in [0.2, 0.25) is 0 Å². The molecule has 15 heavy (non-hydrogen) atoms. The molecule has 0 saturated heterocycles. The highest BCUT2D eigenvalue weighted by molar-refractivity contribution is 6.09. The van der Waals surface area contributed by atoms with Gasteiger partial charge < -0.3 is 9.83 Å². The average Bonchev–Trinajstić information content (AvgIpc) is 2.67. The Morgan fingerprint density at radius 1 is 0.933 bits per heavy atom. The Hall–Kier alpha value is -2.09. The minimum absolute atomic E-state index is 0.800. The van der Waals surface area contributed by atoms with Crippen molar-refractivity contribution in [3.05, 3.63) is 48.0 Å². The predicted octanol–water partition coefficient (Wildman–Crippen LogP) is 3.58. The predicted molar refractivity (Wildman–Crippen MR) is 61.6 cm³/mol. The van der Waals surface area contributed by atoms with Crippen molar-refractivity contribution in [3.8, 4) is 0 Å². The van der Waals surface area contributed by atoms with E-state index in [1.165, 1.54) is 6.21 Å². The van der Waals surface area contributed by atoms with Crippen LogP contribution in [0.2, 0.25) is 0 Å². The summed E-state index contributed by atoms with van der Waals surface area (Å²) < 4.78 is 5.72. The fourth-order valence-corrected chi connectivity index (χ4v) is 1.88. The summed E-state index contributed by atoms with van der Waals surface area (Å²) in [6.45, 7) is 0. The minimum atomic E-state index is 0.800. The van der Waals surface area contributed by atoms with Gasteiger partial charge >= 0.3 is 0 Å². The highest BCUT2D eigenvalue weighted by Gasteiger charge is 2.07. The topological polar surface area (TPSA) is 37.0 Å². The molecule has 0 unspecified atom stereocenters. The van der Waals surface area contributed by atoms with Gasteiger partial charge in [-0.3, -0.25) is 0 Å².